The van der Waals surface area contributed by atoms with E-state index in [0.717, 1.165) is 37.9 Å². The Hall–Kier alpha value is -0.940. The van der Waals surface area contributed by atoms with E-state index in [2.05, 4.69) is 36.1 Å². The fraction of sp³-hybridized carbons (Fsp3) is 0.875. The summed E-state index contributed by atoms with van der Waals surface area (Å²) in [5, 5.41) is 7.73. The number of piperazine rings is 1. The number of hydrogen-bond donors (Lipinski definition) is 1. The van der Waals surface area contributed by atoms with E-state index in [0.29, 0.717) is 0 Å². The van der Waals surface area contributed by atoms with Crippen molar-refractivity contribution in [2.24, 2.45) is 0 Å². The monoisotopic (exact) mass is 292 g/mol. The van der Waals surface area contributed by atoms with E-state index in [9.17, 15) is 0 Å². The van der Waals surface area contributed by atoms with Crippen LogP contribution in [-0.2, 0) is 11.0 Å². The van der Waals surface area contributed by atoms with Crippen molar-refractivity contribution in [1.29, 1.82) is 0 Å². The van der Waals surface area contributed by atoms with Crippen molar-refractivity contribution in [3.05, 3.63) is 11.7 Å². The first-order valence-corrected chi connectivity index (χ1v) is 8.33. The fourth-order valence-electron chi connectivity index (χ4n) is 3.63. The Morgan fingerprint density at radius 1 is 1.14 bits per heavy atom. The lowest BCUT2D eigenvalue weighted by molar-refractivity contribution is 0.0924. The molecule has 5 heteroatoms. The Morgan fingerprint density at radius 2 is 1.81 bits per heavy atom. The molecule has 0 atom stereocenters. The molecule has 1 aliphatic heterocycles. The van der Waals surface area contributed by atoms with Crippen molar-refractivity contribution in [2.45, 2.75) is 63.8 Å². The normalized spacial score (nSPS) is 24.1. The van der Waals surface area contributed by atoms with Crippen molar-refractivity contribution in [2.75, 3.05) is 26.2 Å². The predicted octanol–water partition coefficient (Wildman–Crippen LogP) is 2.43. The molecule has 21 heavy (non-hydrogen) atoms. The molecule has 0 spiro atoms. The highest BCUT2D eigenvalue weighted by Gasteiger charge is 2.38. The molecule has 0 radical (unpaired) electrons. The summed E-state index contributed by atoms with van der Waals surface area (Å²) in [7, 11) is 0. The van der Waals surface area contributed by atoms with Crippen LogP contribution in [0.1, 0.15) is 64.6 Å². The lowest BCUT2D eigenvalue weighted by Crippen LogP contribution is -2.52. The predicted molar refractivity (Wildman–Crippen MR) is 82.2 cm³/mol. The summed E-state index contributed by atoms with van der Waals surface area (Å²) < 4.78 is 5.68. The van der Waals surface area contributed by atoms with Crippen LogP contribution in [0.25, 0.3) is 0 Å². The summed E-state index contributed by atoms with van der Waals surface area (Å²) in [5.41, 5.74) is -0.0715. The number of nitrogens with one attached hydrogen (secondary N) is 1. The molecular weight excluding hydrogens is 264 g/mol. The van der Waals surface area contributed by atoms with E-state index in [1.54, 1.807) is 0 Å². The molecule has 1 N–H and O–H groups in total. The number of aromatic nitrogens is 2. The molecular formula is C16H28N4O. The lowest BCUT2D eigenvalue weighted by Gasteiger charge is -2.39. The summed E-state index contributed by atoms with van der Waals surface area (Å²) in [4.78, 5) is 7.26. The van der Waals surface area contributed by atoms with Crippen LogP contribution in [-0.4, -0.2) is 41.2 Å². The fourth-order valence-corrected chi connectivity index (χ4v) is 3.63. The molecule has 0 amide bonds. The van der Waals surface area contributed by atoms with Crippen molar-refractivity contribution in [3.8, 4) is 0 Å². The largest absolute Gasteiger partial charge is 0.339 e. The van der Waals surface area contributed by atoms with Crippen molar-refractivity contribution < 1.29 is 4.52 Å². The summed E-state index contributed by atoms with van der Waals surface area (Å²) >= 11 is 0. The van der Waals surface area contributed by atoms with Gasteiger partial charge in [-0.2, -0.15) is 4.98 Å². The van der Waals surface area contributed by atoms with Gasteiger partial charge < -0.3 is 9.84 Å². The van der Waals surface area contributed by atoms with Crippen LogP contribution in [0.3, 0.4) is 0 Å². The van der Waals surface area contributed by atoms with Gasteiger partial charge in [0.1, 0.15) is 0 Å². The number of hydrogen-bond acceptors (Lipinski definition) is 5. The molecule has 1 aliphatic carbocycles. The van der Waals surface area contributed by atoms with E-state index in [-0.39, 0.29) is 11.0 Å². The van der Waals surface area contributed by atoms with Crippen LogP contribution in [0.15, 0.2) is 4.52 Å². The maximum atomic E-state index is 5.68. The summed E-state index contributed by atoms with van der Waals surface area (Å²) in [6.45, 7) is 10.8. The molecule has 0 unspecified atom stereocenters. The Kier molecular flexibility index (Phi) is 4.06. The molecule has 1 aromatic heterocycles. The molecule has 2 aliphatic rings. The second-order valence-corrected chi connectivity index (χ2v) is 7.34. The second kappa shape index (κ2) is 5.69. The number of rotatable bonds is 3. The van der Waals surface area contributed by atoms with Gasteiger partial charge in [0.25, 0.3) is 0 Å². The zero-order valence-electron chi connectivity index (χ0n) is 13.6. The molecule has 118 valence electrons. The minimum Gasteiger partial charge on any atom is -0.339 e. The molecule has 1 saturated carbocycles. The molecule has 1 saturated heterocycles. The molecule has 0 aromatic carbocycles. The van der Waals surface area contributed by atoms with Crippen LogP contribution < -0.4 is 5.32 Å². The summed E-state index contributed by atoms with van der Waals surface area (Å²) in [5.74, 6) is 1.69. The van der Waals surface area contributed by atoms with E-state index >= 15 is 0 Å². The Balaban J connectivity index is 1.80. The highest BCUT2D eigenvalue weighted by Crippen LogP contribution is 2.39. The maximum Gasteiger partial charge on any atom is 0.232 e. The van der Waals surface area contributed by atoms with Gasteiger partial charge in [0, 0.05) is 31.6 Å². The maximum absolute atomic E-state index is 5.68. The van der Waals surface area contributed by atoms with Crippen LogP contribution in [0, 0.1) is 0 Å². The average Bonchev–Trinajstić information content (AvgIpc) is 3.00. The van der Waals surface area contributed by atoms with Gasteiger partial charge in [0.2, 0.25) is 5.89 Å². The van der Waals surface area contributed by atoms with Crippen molar-refractivity contribution in [1.82, 2.24) is 20.4 Å². The zero-order chi connectivity index (χ0) is 14.9. The average molecular weight is 292 g/mol. The molecule has 3 rings (SSSR count). The quantitative estimate of drug-likeness (QED) is 0.927. The van der Waals surface area contributed by atoms with Gasteiger partial charge in [-0.15, -0.1) is 0 Å². The Bertz CT molecular complexity index is 470. The molecule has 0 bridgehead atoms. The molecule has 2 heterocycles. The topological polar surface area (TPSA) is 54.2 Å². The van der Waals surface area contributed by atoms with Gasteiger partial charge in [-0.25, -0.2) is 0 Å². The van der Waals surface area contributed by atoms with Gasteiger partial charge in [0.05, 0.1) is 5.54 Å². The third-order valence-corrected chi connectivity index (χ3v) is 5.35. The van der Waals surface area contributed by atoms with Gasteiger partial charge >= 0.3 is 0 Å². The first kappa shape index (κ1) is 15.0. The molecule has 1 aromatic rings. The van der Waals surface area contributed by atoms with Crippen LogP contribution in [0.5, 0.6) is 0 Å². The minimum absolute atomic E-state index is 0.0863. The van der Waals surface area contributed by atoms with Gasteiger partial charge in [-0.1, -0.05) is 31.3 Å². The second-order valence-electron chi connectivity index (χ2n) is 7.34. The standard InChI is InChI=1S/C16H28N4O/c1-15(2,20-11-9-17-10-12-20)13-18-14(21-19-13)16(3)7-5-4-6-8-16/h17H,4-12H2,1-3H3. The van der Waals surface area contributed by atoms with Gasteiger partial charge in [0.15, 0.2) is 5.82 Å². The molecule has 5 nitrogen and oxygen atoms in total. The summed E-state index contributed by atoms with van der Waals surface area (Å²) in [6.07, 6.45) is 6.22. The first-order valence-electron chi connectivity index (χ1n) is 8.33. The van der Waals surface area contributed by atoms with E-state index in [4.69, 9.17) is 9.51 Å². The third-order valence-electron chi connectivity index (χ3n) is 5.35. The molecule has 2 fully saturated rings. The smallest absolute Gasteiger partial charge is 0.232 e. The van der Waals surface area contributed by atoms with Crippen LogP contribution in [0.4, 0.5) is 0 Å². The van der Waals surface area contributed by atoms with Crippen LogP contribution >= 0.6 is 0 Å². The van der Waals surface area contributed by atoms with E-state index in [1.807, 2.05) is 0 Å². The summed E-state index contributed by atoms with van der Waals surface area (Å²) in [6, 6.07) is 0. The SMILES string of the molecule is CC1(c2nc(C(C)(C)N3CCNCC3)no2)CCCCC1. The number of nitrogens with zero attached hydrogens (tertiary/aromatic N) is 3. The third kappa shape index (κ3) is 2.86. The Morgan fingerprint density at radius 3 is 2.48 bits per heavy atom. The zero-order valence-corrected chi connectivity index (χ0v) is 13.6. The highest BCUT2D eigenvalue weighted by molar-refractivity contribution is 5.09. The van der Waals surface area contributed by atoms with Gasteiger partial charge in [-0.05, 0) is 26.7 Å². The Labute approximate surface area is 127 Å². The van der Waals surface area contributed by atoms with E-state index in [1.165, 1.54) is 32.1 Å². The minimum atomic E-state index is -0.158. The van der Waals surface area contributed by atoms with E-state index < -0.39 is 0 Å². The van der Waals surface area contributed by atoms with Gasteiger partial charge in [-0.3, -0.25) is 4.90 Å². The van der Waals surface area contributed by atoms with Crippen molar-refractivity contribution in [3.63, 3.8) is 0 Å². The van der Waals surface area contributed by atoms with Crippen molar-refractivity contribution >= 4 is 0 Å². The lowest BCUT2D eigenvalue weighted by atomic mass is 9.75. The highest BCUT2D eigenvalue weighted by atomic mass is 16.5. The van der Waals surface area contributed by atoms with Crippen LogP contribution in [0.2, 0.25) is 0 Å². The first-order chi connectivity index (χ1) is 10.0.